The summed E-state index contributed by atoms with van der Waals surface area (Å²) in [5.41, 5.74) is 0.305. The lowest BCUT2D eigenvalue weighted by atomic mass is 10.2. The SMILES string of the molecule is CC(C)(S)C(=O)N[C@@H](CSC(=O)OCOC(=O)c1ccccc1)C(=O)O. The van der Waals surface area contributed by atoms with Crippen LogP contribution in [-0.2, 0) is 19.1 Å². The van der Waals surface area contributed by atoms with E-state index in [0.717, 1.165) is 0 Å². The van der Waals surface area contributed by atoms with Gasteiger partial charge in [-0.1, -0.05) is 18.2 Å². The first-order chi connectivity index (χ1) is 12.1. The molecular weight excluding hydrogens is 382 g/mol. The molecular formula is C16H19NO7S2. The molecule has 0 spiro atoms. The van der Waals surface area contributed by atoms with Crippen molar-refractivity contribution in [3.63, 3.8) is 0 Å². The largest absolute Gasteiger partial charge is 0.480 e. The molecule has 1 aromatic rings. The van der Waals surface area contributed by atoms with Crippen LogP contribution < -0.4 is 5.32 Å². The van der Waals surface area contributed by atoms with Crippen molar-refractivity contribution in [2.75, 3.05) is 12.5 Å². The molecule has 0 saturated heterocycles. The smallest absolute Gasteiger partial charge is 0.370 e. The summed E-state index contributed by atoms with van der Waals surface area (Å²) in [5, 5.41) is 10.5. The zero-order valence-corrected chi connectivity index (χ0v) is 15.8. The van der Waals surface area contributed by atoms with Gasteiger partial charge in [-0.15, -0.1) is 0 Å². The second kappa shape index (κ2) is 10.1. The third-order valence-electron chi connectivity index (χ3n) is 2.90. The number of esters is 1. The highest BCUT2D eigenvalue weighted by atomic mass is 32.2. The van der Waals surface area contributed by atoms with Gasteiger partial charge in [0.2, 0.25) is 12.7 Å². The van der Waals surface area contributed by atoms with E-state index >= 15 is 0 Å². The standard InChI is InChI=1S/C16H19NO7S2/c1-16(2,25)14(21)17-11(12(18)19)8-26-15(22)24-9-23-13(20)10-6-4-3-5-7-10/h3-7,11,25H,8-9H2,1-2H3,(H,17,21)(H,18,19)/t11-/m0/s1. The minimum Gasteiger partial charge on any atom is -0.480 e. The van der Waals surface area contributed by atoms with E-state index in [-0.39, 0.29) is 5.75 Å². The van der Waals surface area contributed by atoms with Crippen molar-refractivity contribution in [2.45, 2.75) is 24.6 Å². The van der Waals surface area contributed by atoms with Crippen LogP contribution in [0, 0.1) is 0 Å². The molecule has 1 amide bonds. The van der Waals surface area contributed by atoms with Crippen molar-refractivity contribution in [1.82, 2.24) is 5.32 Å². The highest BCUT2D eigenvalue weighted by Gasteiger charge is 2.28. The zero-order chi connectivity index (χ0) is 19.7. The van der Waals surface area contributed by atoms with Crippen molar-refractivity contribution in [1.29, 1.82) is 0 Å². The second-order valence-electron chi connectivity index (χ2n) is 5.54. The third kappa shape index (κ3) is 7.79. The van der Waals surface area contributed by atoms with Crippen LogP contribution in [0.3, 0.4) is 0 Å². The predicted octanol–water partition coefficient (Wildman–Crippen LogP) is 1.95. The minimum atomic E-state index is -1.30. The Bertz CT molecular complexity index is 658. The lowest BCUT2D eigenvalue weighted by Gasteiger charge is -2.20. The Labute approximate surface area is 160 Å². The Hall–Kier alpha value is -2.20. The van der Waals surface area contributed by atoms with Gasteiger partial charge in [-0.25, -0.2) is 14.4 Å². The lowest BCUT2D eigenvalue weighted by molar-refractivity contribution is -0.141. The number of thiol groups is 1. The number of aliphatic carboxylic acids is 1. The fourth-order valence-corrected chi connectivity index (χ4v) is 2.22. The third-order valence-corrected chi connectivity index (χ3v) is 3.96. The molecule has 0 aliphatic heterocycles. The average Bonchev–Trinajstić information content (AvgIpc) is 2.57. The number of benzene rings is 1. The summed E-state index contributed by atoms with van der Waals surface area (Å²) in [6, 6.07) is 6.85. The number of amides is 1. The highest BCUT2D eigenvalue weighted by Crippen LogP contribution is 2.14. The van der Waals surface area contributed by atoms with Crippen LogP contribution in [0.4, 0.5) is 4.79 Å². The second-order valence-corrected chi connectivity index (χ2v) is 7.62. The summed E-state index contributed by atoms with van der Waals surface area (Å²) in [5.74, 6) is -2.79. The molecule has 0 radical (unpaired) electrons. The van der Waals surface area contributed by atoms with Gasteiger partial charge in [-0.2, -0.15) is 12.6 Å². The number of hydrogen-bond acceptors (Lipinski definition) is 8. The highest BCUT2D eigenvalue weighted by molar-refractivity contribution is 8.13. The molecule has 0 aliphatic rings. The zero-order valence-electron chi connectivity index (χ0n) is 14.1. The molecule has 0 unspecified atom stereocenters. The molecule has 142 valence electrons. The van der Waals surface area contributed by atoms with Gasteiger partial charge in [0, 0.05) is 5.75 Å². The molecule has 1 rings (SSSR count). The van der Waals surface area contributed by atoms with E-state index < -0.39 is 40.7 Å². The Morgan fingerprint density at radius 1 is 1.19 bits per heavy atom. The van der Waals surface area contributed by atoms with Crippen LogP contribution in [-0.4, -0.2) is 51.6 Å². The topological polar surface area (TPSA) is 119 Å². The normalized spacial score (nSPS) is 12.0. The Balaban J connectivity index is 2.38. The monoisotopic (exact) mass is 401 g/mol. The predicted molar refractivity (Wildman–Crippen MR) is 98.3 cm³/mol. The number of carbonyl (C=O) groups is 4. The quantitative estimate of drug-likeness (QED) is 0.344. The number of ether oxygens (including phenoxy) is 2. The van der Waals surface area contributed by atoms with Crippen LogP contribution in [0.15, 0.2) is 30.3 Å². The van der Waals surface area contributed by atoms with E-state index in [9.17, 15) is 19.2 Å². The first-order valence-corrected chi connectivity index (χ1v) is 8.82. The van der Waals surface area contributed by atoms with Crippen molar-refractivity contribution < 1.29 is 33.8 Å². The maximum Gasteiger partial charge on any atom is 0.370 e. The van der Waals surface area contributed by atoms with Gasteiger partial charge >= 0.3 is 17.2 Å². The van der Waals surface area contributed by atoms with Crippen LogP contribution in [0.5, 0.6) is 0 Å². The Morgan fingerprint density at radius 3 is 2.35 bits per heavy atom. The number of carboxylic acid groups (broad SMARTS) is 1. The van der Waals surface area contributed by atoms with Crippen LogP contribution >= 0.6 is 24.4 Å². The van der Waals surface area contributed by atoms with Gasteiger partial charge in [0.15, 0.2) is 0 Å². The molecule has 1 atom stereocenters. The van der Waals surface area contributed by atoms with Crippen molar-refractivity contribution in [3.05, 3.63) is 35.9 Å². The van der Waals surface area contributed by atoms with Crippen molar-refractivity contribution in [3.8, 4) is 0 Å². The van der Waals surface area contributed by atoms with E-state index in [1.54, 1.807) is 30.3 Å². The summed E-state index contributed by atoms with van der Waals surface area (Å²) in [6.07, 6.45) is 0. The molecule has 10 heteroatoms. The van der Waals surface area contributed by atoms with Crippen LogP contribution in [0.2, 0.25) is 0 Å². The number of nitrogens with one attached hydrogen (secondary N) is 1. The average molecular weight is 401 g/mol. The molecule has 26 heavy (non-hydrogen) atoms. The van der Waals surface area contributed by atoms with Gasteiger partial charge in [0.05, 0.1) is 10.3 Å². The van der Waals surface area contributed by atoms with E-state index in [0.29, 0.717) is 17.3 Å². The van der Waals surface area contributed by atoms with E-state index in [2.05, 4.69) is 17.9 Å². The molecule has 0 fully saturated rings. The number of carboxylic acids is 1. The Kier molecular flexibility index (Phi) is 8.46. The van der Waals surface area contributed by atoms with Gasteiger partial charge in [-0.05, 0) is 37.7 Å². The van der Waals surface area contributed by atoms with Gasteiger partial charge < -0.3 is 19.9 Å². The molecule has 0 bridgehead atoms. The van der Waals surface area contributed by atoms with E-state index in [4.69, 9.17) is 14.6 Å². The lowest BCUT2D eigenvalue weighted by Crippen LogP contribution is -2.48. The van der Waals surface area contributed by atoms with Crippen molar-refractivity contribution >= 4 is 47.5 Å². The maximum absolute atomic E-state index is 11.8. The molecule has 0 heterocycles. The van der Waals surface area contributed by atoms with Gasteiger partial charge in [0.25, 0.3) is 0 Å². The number of rotatable bonds is 8. The molecule has 0 aromatic heterocycles. The molecule has 0 saturated carbocycles. The minimum absolute atomic E-state index is 0.254. The Morgan fingerprint density at radius 2 is 1.81 bits per heavy atom. The van der Waals surface area contributed by atoms with Crippen LogP contribution in [0.1, 0.15) is 24.2 Å². The summed E-state index contributed by atoms with van der Waals surface area (Å²) in [4.78, 5) is 46.2. The number of hydrogen-bond donors (Lipinski definition) is 3. The fraction of sp³-hybridized carbons (Fsp3) is 0.375. The molecule has 8 nitrogen and oxygen atoms in total. The van der Waals surface area contributed by atoms with Gasteiger partial charge in [0.1, 0.15) is 6.04 Å². The molecule has 2 N–H and O–H groups in total. The van der Waals surface area contributed by atoms with Gasteiger partial charge in [-0.3, -0.25) is 4.79 Å². The van der Waals surface area contributed by atoms with E-state index in [1.807, 2.05) is 0 Å². The van der Waals surface area contributed by atoms with Crippen LogP contribution in [0.25, 0.3) is 0 Å². The van der Waals surface area contributed by atoms with E-state index in [1.165, 1.54) is 13.8 Å². The summed E-state index contributed by atoms with van der Waals surface area (Å²) in [7, 11) is 0. The summed E-state index contributed by atoms with van der Waals surface area (Å²) in [6.45, 7) is 2.41. The molecule has 0 aliphatic carbocycles. The molecule has 1 aromatic carbocycles. The summed E-state index contributed by atoms with van der Waals surface area (Å²) >= 11 is 4.58. The number of carbonyl (C=O) groups excluding carboxylic acids is 3. The first kappa shape index (κ1) is 21.8. The van der Waals surface area contributed by atoms with Crippen molar-refractivity contribution in [2.24, 2.45) is 0 Å². The summed E-state index contributed by atoms with van der Waals surface area (Å²) < 4.78 is 8.40. The maximum atomic E-state index is 11.8. The number of thioether (sulfide) groups is 1. The first-order valence-electron chi connectivity index (χ1n) is 7.39. The fourth-order valence-electron chi connectivity index (χ4n) is 1.49.